The van der Waals surface area contributed by atoms with Gasteiger partial charge in [0, 0.05) is 18.8 Å². The molecule has 7 atom stereocenters. The van der Waals surface area contributed by atoms with Gasteiger partial charge in [-0.25, -0.2) is 0 Å². The topological polar surface area (TPSA) is 72.5 Å². The standard InChI is InChI=1S/C24H34O7/c1-15-22(27-14-16-5-7-17(26-4)8-6-16)19(9-11-25)29-21-13-20-18(30-23(15)21)10-12-28-24(2,3)31-20/h5-8,11,15,18-23H,9-10,12-14H2,1-4H3/t15-,18-,19+,20-,21+,22-,23+/m1/s1. The van der Waals surface area contributed by atoms with Crippen LogP contribution in [-0.2, 0) is 35.1 Å². The molecule has 0 unspecified atom stereocenters. The highest BCUT2D eigenvalue weighted by atomic mass is 16.7. The number of methoxy groups -OCH3 is 1. The van der Waals surface area contributed by atoms with Crippen molar-refractivity contribution in [3.8, 4) is 5.75 Å². The van der Waals surface area contributed by atoms with Crippen LogP contribution in [0.2, 0.25) is 0 Å². The van der Waals surface area contributed by atoms with Crippen molar-refractivity contribution in [2.24, 2.45) is 5.92 Å². The van der Waals surface area contributed by atoms with Crippen LogP contribution < -0.4 is 4.74 Å². The van der Waals surface area contributed by atoms with Crippen LogP contribution in [0.4, 0.5) is 0 Å². The molecule has 3 aliphatic rings. The third-order valence-electron chi connectivity index (χ3n) is 6.55. The predicted octanol–water partition coefficient (Wildman–Crippen LogP) is 3.27. The van der Waals surface area contributed by atoms with Crippen molar-refractivity contribution in [3.05, 3.63) is 29.8 Å². The lowest BCUT2D eigenvalue weighted by molar-refractivity contribution is -0.296. The number of rotatable bonds is 6. The minimum absolute atomic E-state index is 0.0288. The van der Waals surface area contributed by atoms with Crippen molar-refractivity contribution in [1.82, 2.24) is 0 Å². The third-order valence-corrected chi connectivity index (χ3v) is 6.55. The Bertz CT molecular complexity index is 734. The van der Waals surface area contributed by atoms with Gasteiger partial charge in [0.2, 0.25) is 0 Å². The maximum Gasteiger partial charge on any atom is 0.163 e. The Balaban J connectivity index is 1.46. The summed E-state index contributed by atoms with van der Waals surface area (Å²) in [5.74, 6) is 0.255. The Morgan fingerprint density at radius 2 is 1.90 bits per heavy atom. The van der Waals surface area contributed by atoms with Gasteiger partial charge in [-0.2, -0.15) is 0 Å². The van der Waals surface area contributed by atoms with Crippen molar-refractivity contribution in [3.63, 3.8) is 0 Å². The zero-order chi connectivity index (χ0) is 22.0. The number of benzene rings is 1. The number of ether oxygens (including phenoxy) is 6. The minimum Gasteiger partial charge on any atom is -0.497 e. The average Bonchev–Trinajstić information content (AvgIpc) is 2.89. The molecule has 0 aromatic heterocycles. The van der Waals surface area contributed by atoms with Gasteiger partial charge in [0.1, 0.15) is 12.0 Å². The van der Waals surface area contributed by atoms with E-state index in [1.807, 2.05) is 38.1 Å². The van der Waals surface area contributed by atoms with E-state index in [4.69, 9.17) is 28.4 Å². The average molecular weight is 435 g/mol. The Hall–Kier alpha value is -1.51. The minimum atomic E-state index is -0.637. The van der Waals surface area contributed by atoms with E-state index in [1.165, 1.54) is 0 Å². The van der Waals surface area contributed by atoms with Gasteiger partial charge in [-0.3, -0.25) is 0 Å². The van der Waals surface area contributed by atoms with E-state index in [1.54, 1.807) is 7.11 Å². The van der Waals surface area contributed by atoms with E-state index in [0.29, 0.717) is 19.6 Å². The molecule has 1 aromatic carbocycles. The van der Waals surface area contributed by atoms with E-state index in [2.05, 4.69) is 6.92 Å². The first-order chi connectivity index (χ1) is 14.9. The van der Waals surface area contributed by atoms with E-state index in [9.17, 15) is 4.79 Å². The van der Waals surface area contributed by atoms with Crippen LogP contribution in [0.3, 0.4) is 0 Å². The number of aldehydes is 1. The Kier molecular flexibility index (Phi) is 6.98. The SMILES string of the molecule is COc1ccc(CO[C@@H]2[C@@H](C)[C@@H]3O[C@@H]4CCOC(C)(C)O[C@@H]4C[C@@H]3O[C@H]2CC=O)cc1. The van der Waals surface area contributed by atoms with Crippen molar-refractivity contribution < 1.29 is 33.2 Å². The number of hydrogen-bond donors (Lipinski definition) is 0. The summed E-state index contributed by atoms with van der Waals surface area (Å²) in [6, 6.07) is 7.80. The second kappa shape index (κ2) is 9.55. The molecule has 3 fully saturated rings. The monoisotopic (exact) mass is 434 g/mol. The maximum absolute atomic E-state index is 11.4. The van der Waals surface area contributed by atoms with Crippen molar-refractivity contribution in [2.75, 3.05) is 13.7 Å². The van der Waals surface area contributed by atoms with Gasteiger partial charge in [-0.15, -0.1) is 0 Å². The van der Waals surface area contributed by atoms with Gasteiger partial charge in [-0.05, 0) is 38.0 Å². The van der Waals surface area contributed by atoms with Gasteiger partial charge in [0.15, 0.2) is 5.79 Å². The van der Waals surface area contributed by atoms with Crippen molar-refractivity contribution >= 4 is 6.29 Å². The summed E-state index contributed by atoms with van der Waals surface area (Å²) in [7, 11) is 1.65. The Morgan fingerprint density at radius 1 is 1.13 bits per heavy atom. The molecule has 0 radical (unpaired) electrons. The smallest absolute Gasteiger partial charge is 0.163 e. The van der Waals surface area contributed by atoms with Crippen LogP contribution in [0.5, 0.6) is 5.75 Å². The molecular formula is C24H34O7. The van der Waals surface area contributed by atoms with Gasteiger partial charge < -0.3 is 33.2 Å². The van der Waals surface area contributed by atoms with Gasteiger partial charge in [0.05, 0.1) is 56.9 Å². The lowest BCUT2D eigenvalue weighted by atomic mass is 9.81. The summed E-state index contributed by atoms with van der Waals surface area (Å²) in [4.78, 5) is 11.4. The van der Waals surface area contributed by atoms with Crippen LogP contribution in [0, 0.1) is 5.92 Å². The fourth-order valence-corrected chi connectivity index (χ4v) is 4.97. The van der Waals surface area contributed by atoms with Crippen LogP contribution in [-0.4, -0.2) is 62.4 Å². The molecule has 0 spiro atoms. The first-order valence-corrected chi connectivity index (χ1v) is 11.2. The molecule has 3 aliphatic heterocycles. The molecule has 4 rings (SSSR count). The summed E-state index contributed by atoms with van der Waals surface area (Å²) >= 11 is 0. The highest BCUT2D eigenvalue weighted by Crippen LogP contribution is 2.41. The molecule has 3 saturated heterocycles. The molecule has 0 amide bonds. The van der Waals surface area contributed by atoms with E-state index >= 15 is 0 Å². The van der Waals surface area contributed by atoms with Gasteiger partial charge >= 0.3 is 0 Å². The van der Waals surface area contributed by atoms with Gasteiger partial charge in [0.25, 0.3) is 0 Å². The molecule has 7 nitrogen and oxygen atoms in total. The first-order valence-electron chi connectivity index (χ1n) is 11.2. The predicted molar refractivity (Wildman–Crippen MR) is 113 cm³/mol. The van der Waals surface area contributed by atoms with Crippen LogP contribution in [0.1, 0.15) is 45.6 Å². The summed E-state index contributed by atoms with van der Waals surface area (Å²) < 4.78 is 36.4. The Morgan fingerprint density at radius 3 is 2.61 bits per heavy atom. The summed E-state index contributed by atoms with van der Waals surface area (Å²) in [6.45, 7) is 7.04. The van der Waals surface area contributed by atoms with Crippen LogP contribution in [0.25, 0.3) is 0 Å². The van der Waals surface area contributed by atoms with Gasteiger partial charge in [-0.1, -0.05) is 19.1 Å². The summed E-state index contributed by atoms with van der Waals surface area (Å²) in [5, 5.41) is 0. The fraction of sp³-hybridized carbons (Fsp3) is 0.708. The second-order valence-electron chi connectivity index (χ2n) is 9.17. The number of carbonyl (C=O) groups excluding carboxylic acids is 1. The summed E-state index contributed by atoms with van der Waals surface area (Å²) in [5.41, 5.74) is 1.04. The normalized spacial score (nSPS) is 37.2. The number of hydrogen-bond acceptors (Lipinski definition) is 7. The molecular weight excluding hydrogens is 400 g/mol. The largest absolute Gasteiger partial charge is 0.497 e. The third kappa shape index (κ3) is 5.12. The molecule has 1 aromatic rings. The van der Waals surface area contributed by atoms with Crippen LogP contribution in [0.15, 0.2) is 24.3 Å². The highest BCUT2D eigenvalue weighted by Gasteiger charge is 2.51. The summed E-state index contributed by atoms with van der Waals surface area (Å²) in [6.07, 6.45) is 1.85. The zero-order valence-electron chi connectivity index (χ0n) is 18.8. The molecule has 31 heavy (non-hydrogen) atoms. The van der Waals surface area contributed by atoms with E-state index in [-0.39, 0.29) is 42.5 Å². The lowest BCUT2D eigenvalue weighted by Crippen LogP contribution is -2.61. The molecule has 0 bridgehead atoms. The molecule has 0 N–H and O–H groups in total. The van der Waals surface area contributed by atoms with Crippen LogP contribution >= 0.6 is 0 Å². The second-order valence-corrected chi connectivity index (χ2v) is 9.17. The molecule has 0 aliphatic carbocycles. The number of carbonyl (C=O) groups is 1. The number of fused-ring (bicyclic) bond motifs is 2. The zero-order valence-corrected chi connectivity index (χ0v) is 18.8. The highest BCUT2D eigenvalue weighted by molar-refractivity contribution is 5.50. The molecule has 3 heterocycles. The quantitative estimate of drug-likeness (QED) is 0.636. The van der Waals surface area contributed by atoms with Crippen molar-refractivity contribution in [1.29, 1.82) is 0 Å². The van der Waals surface area contributed by atoms with Crippen molar-refractivity contribution in [2.45, 2.75) is 89.1 Å². The first kappa shape index (κ1) is 22.7. The fourth-order valence-electron chi connectivity index (χ4n) is 4.97. The Labute approximate surface area is 184 Å². The maximum atomic E-state index is 11.4. The molecule has 172 valence electrons. The lowest BCUT2D eigenvalue weighted by Gasteiger charge is -2.50. The van der Waals surface area contributed by atoms with E-state index < -0.39 is 5.79 Å². The van der Waals surface area contributed by atoms with E-state index in [0.717, 1.165) is 30.4 Å². The molecule has 7 heteroatoms. The molecule has 0 saturated carbocycles.